The molecular weight excluding hydrogens is 296 g/mol. The molecule has 1 atom stereocenters. The molecule has 0 spiro atoms. The van der Waals surface area contributed by atoms with Crippen LogP contribution in [0.3, 0.4) is 0 Å². The van der Waals surface area contributed by atoms with Crippen LogP contribution >= 0.6 is 0 Å². The van der Waals surface area contributed by atoms with Gasteiger partial charge in [0.2, 0.25) is 11.8 Å². The molecule has 0 saturated carbocycles. The van der Waals surface area contributed by atoms with Gasteiger partial charge in [-0.1, -0.05) is 13.8 Å². The summed E-state index contributed by atoms with van der Waals surface area (Å²) in [4.78, 5) is 28.9. The number of ether oxygens (including phenoxy) is 2. The average Bonchev–Trinajstić information content (AvgIpc) is 3.25. The van der Waals surface area contributed by atoms with Gasteiger partial charge in [-0.25, -0.2) is 0 Å². The normalized spacial score (nSPS) is 27.2. The second-order valence-electron chi connectivity index (χ2n) is 7.12. The maximum atomic E-state index is 12.8. The average molecular weight is 324 g/mol. The fraction of sp³-hybridized carbons (Fsp3) is 0.882. The number of piperidine rings is 1. The molecule has 0 unspecified atom stereocenters. The van der Waals surface area contributed by atoms with E-state index in [1.54, 1.807) is 4.90 Å². The van der Waals surface area contributed by atoms with Crippen molar-refractivity contribution in [2.45, 2.75) is 51.9 Å². The smallest absolute Gasteiger partial charge is 0.245 e. The molecule has 2 amide bonds. The lowest BCUT2D eigenvalue weighted by molar-refractivity contribution is -0.148. The third-order valence-electron chi connectivity index (χ3n) is 5.20. The van der Waals surface area contributed by atoms with Gasteiger partial charge in [-0.2, -0.15) is 0 Å². The van der Waals surface area contributed by atoms with Crippen molar-refractivity contribution in [3.05, 3.63) is 0 Å². The van der Waals surface area contributed by atoms with Crippen molar-refractivity contribution in [1.29, 1.82) is 0 Å². The van der Waals surface area contributed by atoms with E-state index in [1.807, 2.05) is 18.7 Å². The number of nitrogens with zero attached hydrogens (tertiary/aromatic N) is 2. The van der Waals surface area contributed by atoms with E-state index in [4.69, 9.17) is 9.47 Å². The van der Waals surface area contributed by atoms with Crippen LogP contribution < -0.4 is 0 Å². The molecule has 0 bridgehead atoms. The zero-order valence-corrected chi connectivity index (χ0v) is 14.2. The molecule has 3 rings (SSSR count). The molecule has 0 aromatic rings. The first-order chi connectivity index (χ1) is 11.1. The molecule has 130 valence electrons. The molecular formula is C17H28N2O4. The molecule has 23 heavy (non-hydrogen) atoms. The minimum absolute atomic E-state index is 0.0502. The van der Waals surface area contributed by atoms with Crippen molar-refractivity contribution in [2.24, 2.45) is 11.8 Å². The van der Waals surface area contributed by atoms with Crippen molar-refractivity contribution < 1.29 is 19.1 Å². The van der Waals surface area contributed by atoms with Gasteiger partial charge in [0.15, 0.2) is 6.29 Å². The van der Waals surface area contributed by atoms with Crippen LogP contribution in [0.2, 0.25) is 0 Å². The van der Waals surface area contributed by atoms with Gasteiger partial charge >= 0.3 is 0 Å². The van der Waals surface area contributed by atoms with Gasteiger partial charge in [-0.15, -0.1) is 0 Å². The Kier molecular flexibility index (Phi) is 5.21. The Bertz CT molecular complexity index is 440. The SMILES string of the molecule is CC(C)C(=O)N1CCC[C@@H]1C(=O)N1CCC(C2OCCO2)CC1. The highest BCUT2D eigenvalue weighted by molar-refractivity contribution is 5.89. The van der Waals surface area contributed by atoms with Crippen LogP contribution in [-0.2, 0) is 19.1 Å². The van der Waals surface area contributed by atoms with Crippen LogP contribution in [0.4, 0.5) is 0 Å². The molecule has 3 heterocycles. The number of amides is 2. The van der Waals surface area contributed by atoms with E-state index in [2.05, 4.69) is 0 Å². The van der Waals surface area contributed by atoms with E-state index in [0.29, 0.717) is 25.7 Å². The molecule has 0 aliphatic carbocycles. The second-order valence-corrected chi connectivity index (χ2v) is 7.12. The van der Waals surface area contributed by atoms with Crippen LogP contribution in [0.15, 0.2) is 0 Å². The van der Waals surface area contributed by atoms with E-state index in [9.17, 15) is 9.59 Å². The van der Waals surface area contributed by atoms with E-state index in [0.717, 1.165) is 38.8 Å². The molecule has 0 radical (unpaired) electrons. The molecule has 6 nitrogen and oxygen atoms in total. The van der Waals surface area contributed by atoms with Crippen molar-refractivity contribution >= 4 is 11.8 Å². The first-order valence-electron chi connectivity index (χ1n) is 8.90. The maximum absolute atomic E-state index is 12.8. The van der Waals surface area contributed by atoms with Gasteiger partial charge in [0.25, 0.3) is 0 Å². The Morgan fingerprint density at radius 3 is 2.26 bits per heavy atom. The van der Waals surface area contributed by atoms with E-state index in [1.165, 1.54) is 0 Å². The van der Waals surface area contributed by atoms with E-state index >= 15 is 0 Å². The number of hydrogen-bond acceptors (Lipinski definition) is 4. The lowest BCUT2D eigenvalue weighted by atomic mass is 9.95. The molecule has 0 N–H and O–H groups in total. The third-order valence-corrected chi connectivity index (χ3v) is 5.20. The van der Waals surface area contributed by atoms with Crippen molar-refractivity contribution in [3.63, 3.8) is 0 Å². The summed E-state index contributed by atoms with van der Waals surface area (Å²) in [5.41, 5.74) is 0. The first-order valence-corrected chi connectivity index (χ1v) is 8.90. The number of rotatable bonds is 3. The minimum atomic E-state index is -0.250. The van der Waals surface area contributed by atoms with Crippen LogP contribution in [0.25, 0.3) is 0 Å². The highest BCUT2D eigenvalue weighted by atomic mass is 16.7. The van der Waals surface area contributed by atoms with Gasteiger partial charge < -0.3 is 19.3 Å². The van der Waals surface area contributed by atoms with Crippen molar-refractivity contribution in [3.8, 4) is 0 Å². The first kappa shape index (κ1) is 16.7. The monoisotopic (exact) mass is 324 g/mol. The number of carbonyl (C=O) groups excluding carboxylic acids is 2. The van der Waals surface area contributed by atoms with Gasteiger partial charge in [0.1, 0.15) is 6.04 Å². The quantitative estimate of drug-likeness (QED) is 0.784. The molecule has 3 aliphatic rings. The van der Waals surface area contributed by atoms with E-state index < -0.39 is 0 Å². The predicted molar refractivity (Wildman–Crippen MR) is 84.6 cm³/mol. The van der Waals surface area contributed by atoms with Crippen LogP contribution in [-0.4, -0.2) is 66.8 Å². The third kappa shape index (κ3) is 3.53. The Hall–Kier alpha value is -1.14. The zero-order valence-electron chi connectivity index (χ0n) is 14.2. The summed E-state index contributed by atoms with van der Waals surface area (Å²) in [5.74, 6) is 0.566. The number of likely N-dealkylation sites (tertiary alicyclic amines) is 2. The summed E-state index contributed by atoms with van der Waals surface area (Å²) in [6, 6.07) is -0.250. The van der Waals surface area contributed by atoms with Crippen LogP contribution in [0, 0.1) is 11.8 Å². The van der Waals surface area contributed by atoms with E-state index in [-0.39, 0.29) is 30.1 Å². The lowest BCUT2D eigenvalue weighted by Gasteiger charge is -2.37. The number of carbonyl (C=O) groups is 2. The summed E-state index contributed by atoms with van der Waals surface area (Å²) in [6.07, 6.45) is 3.47. The molecule has 3 saturated heterocycles. The summed E-state index contributed by atoms with van der Waals surface area (Å²) >= 11 is 0. The van der Waals surface area contributed by atoms with Gasteiger partial charge in [-0.3, -0.25) is 9.59 Å². The summed E-state index contributed by atoms with van der Waals surface area (Å²) < 4.78 is 11.2. The standard InChI is InChI=1S/C17H28N2O4/c1-12(2)15(20)19-7-3-4-14(19)16(21)18-8-5-13(6-9-18)17-22-10-11-23-17/h12-14,17H,3-11H2,1-2H3/t14-/m1/s1. The molecule has 3 fully saturated rings. The fourth-order valence-electron chi connectivity index (χ4n) is 3.87. The summed E-state index contributed by atoms with van der Waals surface area (Å²) in [6.45, 7) is 7.36. The maximum Gasteiger partial charge on any atom is 0.245 e. The Labute approximate surface area is 138 Å². The lowest BCUT2D eigenvalue weighted by Crippen LogP contribution is -2.51. The minimum Gasteiger partial charge on any atom is -0.350 e. The van der Waals surface area contributed by atoms with Gasteiger partial charge in [-0.05, 0) is 25.7 Å². The van der Waals surface area contributed by atoms with Crippen LogP contribution in [0.1, 0.15) is 39.5 Å². The topological polar surface area (TPSA) is 59.1 Å². The van der Waals surface area contributed by atoms with Crippen LogP contribution in [0.5, 0.6) is 0 Å². The fourth-order valence-corrected chi connectivity index (χ4v) is 3.87. The highest BCUT2D eigenvalue weighted by Crippen LogP contribution is 2.28. The highest BCUT2D eigenvalue weighted by Gasteiger charge is 2.39. The van der Waals surface area contributed by atoms with Crippen molar-refractivity contribution in [1.82, 2.24) is 9.80 Å². The molecule has 3 aliphatic heterocycles. The van der Waals surface area contributed by atoms with Crippen molar-refractivity contribution in [2.75, 3.05) is 32.8 Å². The predicted octanol–water partition coefficient (Wildman–Crippen LogP) is 1.24. The van der Waals surface area contributed by atoms with Gasteiger partial charge in [0, 0.05) is 31.5 Å². The summed E-state index contributed by atoms with van der Waals surface area (Å²) in [7, 11) is 0. The summed E-state index contributed by atoms with van der Waals surface area (Å²) in [5, 5.41) is 0. The largest absolute Gasteiger partial charge is 0.350 e. The van der Waals surface area contributed by atoms with Gasteiger partial charge in [0.05, 0.1) is 13.2 Å². The Morgan fingerprint density at radius 2 is 1.65 bits per heavy atom. The molecule has 0 aromatic carbocycles. The second kappa shape index (κ2) is 7.18. The Balaban J connectivity index is 1.55. The zero-order chi connectivity index (χ0) is 16.4. The Morgan fingerprint density at radius 1 is 1.00 bits per heavy atom. The molecule has 0 aromatic heterocycles. The molecule has 6 heteroatoms. The number of hydrogen-bond donors (Lipinski definition) is 0.